The van der Waals surface area contributed by atoms with Crippen molar-refractivity contribution in [1.82, 2.24) is 9.38 Å². The zero-order valence-electron chi connectivity index (χ0n) is 14.4. The number of fused-ring (bicyclic) bond motifs is 1. The average Bonchev–Trinajstić information content (AvgIpc) is 3.25. The monoisotopic (exact) mass is 405 g/mol. The van der Waals surface area contributed by atoms with Gasteiger partial charge in [-0.05, 0) is 36.5 Å². The van der Waals surface area contributed by atoms with Crippen LogP contribution in [0.5, 0.6) is 0 Å². The van der Waals surface area contributed by atoms with Gasteiger partial charge in [-0.15, -0.1) is 0 Å². The number of nitrogens with zero attached hydrogens (tertiary/aromatic N) is 2. The zero-order chi connectivity index (χ0) is 19.9. The Bertz CT molecular complexity index is 1100. The van der Waals surface area contributed by atoms with Crippen molar-refractivity contribution in [3.63, 3.8) is 0 Å². The van der Waals surface area contributed by atoms with Crippen molar-refractivity contribution in [1.29, 1.82) is 5.26 Å². The minimum Gasteiger partial charge on any atom is -0.345 e. The quantitative estimate of drug-likeness (QED) is 0.724. The van der Waals surface area contributed by atoms with E-state index in [1.807, 2.05) is 12.1 Å². The molecular weight excluding hydrogens is 391 g/mol. The molecule has 0 spiro atoms. The number of benzene rings is 1. The molecule has 1 aromatic carbocycles. The third kappa shape index (κ3) is 3.08. The number of aromatic nitrogens is 1. The van der Waals surface area contributed by atoms with Gasteiger partial charge in [-0.25, -0.2) is 9.38 Å². The van der Waals surface area contributed by atoms with Gasteiger partial charge in [0.2, 0.25) is 0 Å². The van der Waals surface area contributed by atoms with Crippen molar-refractivity contribution in [2.24, 2.45) is 0 Å². The number of hydrazine groups is 1. The Balaban J connectivity index is 1.77. The fourth-order valence-electron chi connectivity index (χ4n) is 3.20. The second-order valence-electron chi connectivity index (χ2n) is 6.22. The summed E-state index contributed by atoms with van der Waals surface area (Å²) in [6.07, 6.45) is -1.22. The first-order valence-electron chi connectivity index (χ1n) is 8.42. The van der Waals surface area contributed by atoms with E-state index in [-0.39, 0.29) is 16.3 Å². The molecule has 2 aromatic rings. The highest BCUT2D eigenvalue weighted by Gasteiger charge is 2.37. The summed E-state index contributed by atoms with van der Waals surface area (Å²) in [6, 6.07) is 7.15. The van der Waals surface area contributed by atoms with Crippen LogP contribution in [-0.4, -0.2) is 10.1 Å². The van der Waals surface area contributed by atoms with Gasteiger partial charge in [-0.3, -0.25) is 4.79 Å². The van der Waals surface area contributed by atoms with Gasteiger partial charge in [0.15, 0.2) is 5.56 Å². The molecule has 3 N–H and O–H groups in total. The summed E-state index contributed by atoms with van der Waals surface area (Å²) < 4.78 is 41.2. The maximum atomic E-state index is 13.3. The smallest absolute Gasteiger partial charge is 0.345 e. The number of rotatable bonds is 3. The SMILES string of the molecule is N#Cc1c(NC2=CCCC=C2C(F)(F)F)sn(-c2cccc3c2CNN3)c1=O. The highest BCUT2D eigenvalue weighted by Crippen LogP contribution is 2.36. The Hall–Kier alpha value is -3.03. The number of anilines is 2. The molecule has 10 heteroatoms. The fourth-order valence-corrected chi connectivity index (χ4v) is 4.21. The van der Waals surface area contributed by atoms with Crippen LogP contribution in [0.15, 0.2) is 46.4 Å². The van der Waals surface area contributed by atoms with Gasteiger partial charge >= 0.3 is 6.18 Å². The molecule has 4 rings (SSSR count). The second-order valence-corrected chi connectivity index (χ2v) is 7.18. The summed E-state index contributed by atoms with van der Waals surface area (Å²) in [5, 5.41) is 12.2. The van der Waals surface area contributed by atoms with Crippen molar-refractivity contribution in [3.05, 3.63) is 63.1 Å². The summed E-state index contributed by atoms with van der Waals surface area (Å²) in [4.78, 5) is 12.8. The summed E-state index contributed by atoms with van der Waals surface area (Å²) in [5.41, 5.74) is 6.46. The highest BCUT2D eigenvalue weighted by molar-refractivity contribution is 7.11. The Labute approximate surface area is 161 Å². The largest absolute Gasteiger partial charge is 0.418 e. The third-order valence-electron chi connectivity index (χ3n) is 4.49. The van der Waals surface area contributed by atoms with Crippen molar-refractivity contribution in [3.8, 4) is 11.8 Å². The summed E-state index contributed by atoms with van der Waals surface area (Å²) in [7, 11) is 0. The van der Waals surface area contributed by atoms with Crippen molar-refractivity contribution in [2.75, 3.05) is 10.7 Å². The molecule has 1 aromatic heterocycles. The molecule has 0 saturated heterocycles. The first-order chi connectivity index (χ1) is 13.4. The van der Waals surface area contributed by atoms with Gasteiger partial charge in [0.05, 0.1) is 16.9 Å². The van der Waals surface area contributed by atoms with Crippen molar-refractivity contribution < 1.29 is 13.2 Å². The second kappa shape index (κ2) is 6.85. The van der Waals surface area contributed by atoms with Crippen molar-refractivity contribution >= 4 is 22.2 Å². The third-order valence-corrected chi connectivity index (χ3v) is 5.52. The lowest BCUT2D eigenvalue weighted by atomic mass is 10.0. The van der Waals surface area contributed by atoms with Gasteiger partial charge in [0.25, 0.3) is 5.56 Å². The zero-order valence-corrected chi connectivity index (χ0v) is 15.2. The molecule has 0 unspecified atom stereocenters. The van der Waals surface area contributed by atoms with E-state index < -0.39 is 17.3 Å². The molecule has 0 amide bonds. The topological polar surface area (TPSA) is 81.9 Å². The molecule has 1 aliphatic carbocycles. The Morgan fingerprint density at radius 2 is 2.04 bits per heavy atom. The lowest BCUT2D eigenvalue weighted by Crippen LogP contribution is -2.20. The van der Waals surface area contributed by atoms with E-state index in [1.54, 1.807) is 12.1 Å². The van der Waals surface area contributed by atoms with Gasteiger partial charge in [-0.1, -0.05) is 18.2 Å². The molecule has 1 aliphatic heterocycles. The molecule has 0 saturated carbocycles. The van der Waals surface area contributed by atoms with E-state index >= 15 is 0 Å². The standard InChI is InChI=1S/C18H14F3N5OS/c19-18(20,21)12-4-1-2-5-14(12)24-16-10(8-22)17(27)26(28-16)15-7-3-6-13-11(15)9-23-25-13/h3-7,23-25H,1-2,9H2. The molecule has 0 atom stereocenters. The van der Waals surface area contributed by atoms with Gasteiger partial charge in [0, 0.05) is 17.8 Å². The normalized spacial score (nSPS) is 15.9. The van der Waals surface area contributed by atoms with E-state index in [9.17, 15) is 23.2 Å². The molecule has 0 radical (unpaired) electrons. The fraction of sp³-hybridized carbons (Fsp3) is 0.222. The molecule has 6 nitrogen and oxygen atoms in total. The maximum absolute atomic E-state index is 13.3. The molecule has 0 bridgehead atoms. The molecule has 0 fully saturated rings. The average molecular weight is 405 g/mol. The van der Waals surface area contributed by atoms with Crippen LogP contribution in [0.4, 0.5) is 23.9 Å². The summed E-state index contributed by atoms with van der Waals surface area (Å²) in [5.74, 6) is 0. The van der Waals surface area contributed by atoms with Gasteiger partial charge < -0.3 is 10.7 Å². The van der Waals surface area contributed by atoms with E-state index in [0.717, 1.165) is 28.9 Å². The number of alkyl halides is 3. The van der Waals surface area contributed by atoms with Crippen LogP contribution in [0.1, 0.15) is 24.0 Å². The predicted molar refractivity (Wildman–Crippen MR) is 100 cm³/mol. The summed E-state index contributed by atoms with van der Waals surface area (Å²) >= 11 is 0.916. The number of allylic oxidation sites excluding steroid dienone is 3. The number of nitrogens with one attached hydrogen (secondary N) is 3. The first-order valence-corrected chi connectivity index (χ1v) is 9.20. The molecule has 2 aliphatic rings. The van der Waals surface area contributed by atoms with Crippen LogP contribution in [0.25, 0.3) is 5.69 Å². The first kappa shape index (κ1) is 18.3. The van der Waals surface area contributed by atoms with Crippen LogP contribution in [0, 0.1) is 11.3 Å². The van der Waals surface area contributed by atoms with E-state index in [0.29, 0.717) is 25.1 Å². The number of nitriles is 1. The Morgan fingerprint density at radius 3 is 2.79 bits per heavy atom. The lowest BCUT2D eigenvalue weighted by molar-refractivity contribution is -0.0896. The minimum absolute atomic E-state index is 0.0901. The van der Waals surface area contributed by atoms with Crippen molar-refractivity contribution in [2.45, 2.75) is 25.6 Å². The van der Waals surface area contributed by atoms with E-state index in [2.05, 4.69) is 16.2 Å². The highest BCUT2D eigenvalue weighted by atomic mass is 32.1. The van der Waals surface area contributed by atoms with Crippen LogP contribution < -0.4 is 21.7 Å². The van der Waals surface area contributed by atoms with Crippen LogP contribution in [0.2, 0.25) is 0 Å². The molecule has 28 heavy (non-hydrogen) atoms. The summed E-state index contributed by atoms with van der Waals surface area (Å²) in [6.45, 7) is 0.479. The van der Waals surface area contributed by atoms with Crippen LogP contribution in [-0.2, 0) is 6.54 Å². The van der Waals surface area contributed by atoms with Crippen LogP contribution in [0.3, 0.4) is 0 Å². The van der Waals surface area contributed by atoms with Gasteiger partial charge in [-0.2, -0.15) is 18.4 Å². The number of hydrogen-bond donors (Lipinski definition) is 3. The van der Waals surface area contributed by atoms with E-state index in [1.165, 1.54) is 10.0 Å². The minimum atomic E-state index is -4.52. The Kier molecular flexibility index (Phi) is 4.49. The molecule has 144 valence electrons. The Morgan fingerprint density at radius 1 is 1.25 bits per heavy atom. The predicted octanol–water partition coefficient (Wildman–Crippen LogP) is 3.78. The van der Waals surface area contributed by atoms with Gasteiger partial charge in [0.1, 0.15) is 11.1 Å². The van der Waals surface area contributed by atoms with E-state index in [4.69, 9.17) is 0 Å². The molecular formula is C18H14F3N5OS. The number of halogens is 3. The molecule has 2 heterocycles. The maximum Gasteiger partial charge on any atom is 0.418 e. The van der Waals surface area contributed by atoms with Crippen LogP contribution >= 0.6 is 11.5 Å². The lowest BCUT2D eigenvalue weighted by Gasteiger charge is -2.19. The number of hydrogen-bond acceptors (Lipinski definition) is 6.